The van der Waals surface area contributed by atoms with Crippen molar-refractivity contribution in [1.29, 1.82) is 0 Å². The van der Waals surface area contributed by atoms with E-state index in [1.165, 1.54) is 89.9 Å². The largest absolute Gasteiger partial charge is 0.466 e. The molecular formula is C49H89N3O6. The van der Waals surface area contributed by atoms with Crippen LogP contribution in [0.2, 0.25) is 0 Å². The first-order chi connectivity index (χ1) is 28.5. The number of carbonyl (C=O) groups excluding carboxylic acids is 2. The molecule has 0 aliphatic carbocycles. The molecule has 9 heteroatoms. The number of carbonyl (C=O) groups is 2. The first-order valence-electron chi connectivity index (χ1n) is 23.9. The Morgan fingerprint density at radius 1 is 0.552 bits per heavy atom. The highest BCUT2D eigenvalue weighted by atomic mass is 16.5. The Bertz CT molecular complexity index is 991. The van der Waals surface area contributed by atoms with Crippen molar-refractivity contribution in [3.8, 4) is 0 Å². The summed E-state index contributed by atoms with van der Waals surface area (Å²) in [4.78, 5) is 30.0. The number of rotatable bonds is 40. The molecule has 1 heterocycles. The molecule has 1 aliphatic rings. The van der Waals surface area contributed by atoms with Crippen LogP contribution < -0.4 is 5.32 Å². The van der Waals surface area contributed by atoms with E-state index in [0.29, 0.717) is 26.3 Å². The fourth-order valence-electron chi connectivity index (χ4n) is 7.17. The molecule has 0 aromatic rings. The number of esters is 2. The van der Waals surface area contributed by atoms with E-state index in [2.05, 4.69) is 77.6 Å². The van der Waals surface area contributed by atoms with Gasteiger partial charge in [0.2, 0.25) is 0 Å². The number of aliphatic hydroxyl groups excluding tert-OH is 2. The molecular weight excluding hydrogens is 727 g/mol. The van der Waals surface area contributed by atoms with Crippen molar-refractivity contribution < 1.29 is 29.3 Å². The van der Waals surface area contributed by atoms with Crippen LogP contribution >= 0.6 is 0 Å². The summed E-state index contributed by atoms with van der Waals surface area (Å²) in [5, 5.41) is 23.3. The van der Waals surface area contributed by atoms with Gasteiger partial charge < -0.3 is 19.7 Å². The number of nitrogens with one attached hydrogen (secondary N) is 1. The summed E-state index contributed by atoms with van der Waals surface area (Å²) in [5.74, 6) is -0.717. The van der Waals surface area contributed by atoms with E-state index in [1.807, 2.05) is 0 Å². The number of allylic oxidation sites excluding steroid dienone is 8. The van der Waals surface area contributed by atoms with E-state index in [-0.39, 0.29) is 31.4 Å². The molecule has 0 radical (unpaired) electrons. The predicted molar refractivity (Wildman–Crippen MR) is 243 cm³/mol. The summed E-state index contributed by atoms with van der Waals surface area (Å²) < 4.78 is 11.1. The molecule has 0 amide bonds. The molecule has 0 saturated carbocycles. The number of piperazine rings is 1. The van der Waals surface area contributed by atoms with Crippen molar-refractivity contribution in [2.45, 2.75) is 193 Å². The van der Waals surface area contributed by atoms with E-state index in [1.54, 1.807) is 0 Å². The Morgan fingerprint density at radius 2 is 0.931 bits per heavy atom. The zero-order valence-electron chi connectivity index (χ0n) is 37.4. The first-order valence-corrected chi connectivity index (χ1v) is 23.9. The molecule has 336 valence electrons. The second kappa shape index (κ2) is 41.4. The lowest BCUT2D eigenvalue weighted by molar-refractivity contribution is -0.147. The van der Waals surface area contributed by atoms with Gasteiger partial charge in [-0.15, -0.1) is 0 Å². The monoisotopic (exact) mass is 816 g/mol. The van der Waals surface area contributed by atoms with Gasteiger partial charge in [-0.1, -0.05) is 140 Å². The van der Waals surface area contributed by atoms with Gasteiger partial charge in [-0.2, -0.15) is 0 Å². The van der Waals surface area contributed by atoms with Crippen LogP contribution in [0.1, 0.15) is 181 Å². The summed E-state index contributed by atoms with van der Waals surface area (Å²) in [6.45, 7) is 9.66. The standard InChI is InChI=1S/C49H89N3O6/c1-3-5-7-9-11-13-15-17-19-21-23-25-27-29-31-33-41-57-48(55)43-46(50-47(54)45-52-37-35-51(36-38-52)39-40-53)44-49(56)58-42-34-32-30-28-26-24-22-20-18-16-14-12-10-8-6-4-2/h11-14,17-20,46-47,50,53-54H,3-10,15-16,21-45H2,1-2H3/b13-11-,14-12-,19-17-,20-18-. The predicted octanol–water partition coefficient (Wildman–Crippen LogP) is 10.4. The molecule has 0 spiro atoms. The van der Waals surface area contributed by atoms with Crippen LogP contribution in [0.4, 0.5) is 0 Å². The van der Waals surface area contributed by atoms with Crippen molar-refractivity contribution in [1.82, 2.24) is 15.1 Å². The minimum absolute atomic E-state index is 0.00351. The van der Waals surface area contributed by atoms with Crippen molar-refractivity contribution >= 4 is 11.9 Å². The van der Waals surface area contributed by atoms with Gasteiger partial charge in [-0.05, 0) is 77.0 Å². The third kappa shape index (κ3) is 35.6. The van der Waals surface area contributed by atoms with Crippen LogP contribution in [-0.2, 0) is 19.1 Å². The number of hydrogen-bond donors (Lipinski definition) is 3. The minimum Gasteiger partial charge on any atom is -0.466 e. The summed E-state index contributed by atoms with van der Waals surface area (Å²) in [7, 11) is 0. The molecule has 1 atom stereocenters. The fourth-order valence-corrected chi connectivity index (χ4v) is 7.17. The van der Waals surface area contributed by atoms with Crippen LogP contribution in [0.5, 0.6) is 0 Å². The van der Waals surface area contributed by atoms with Gasteiger partial charge in [0.25, 0.3) is 0 Å². The molecule has 0 bridgehead atoms. The third-order valence-corrected chi connectivity index (χ3v) is 10.8. The van der Waals surface area contributed by atoms with Gasteiger partial charge >= 0.3 is 11.9 Å². The van der Waals surface area contributed by atoms with Crippen LogP contribution in [0.3, 0.4) is 0 Å². The van der Waals surface area contributed by atoms with E-state index < -0.39 is 12.3 Å². The van der Waals surface area contributed by atoms with E-state index >= 15 is 0 Å². The number of ether oxygens (including phenoxy) is 2. The number of unbranched alkanes of at least 4 members (excludes halogenated alkanes) is 18. The first kappa shape index (κ1) is 53.7. The van der Waals surface area contributed by atoms with Gasteiger partial charge in [-0.25, -0.2) is 0 Å². The lowest BCUT2D eigenvalue weighted by atomic mass is 10.1. The quantitative estimate of drug-likeness (QED) is 0.0241. The summed E-state index contributed by atoms with van der Waals surface area (Å²) in [6, 6.07) is -0.572. The normalized spacial score (nSPS) is 14.9. The maximum atomic E-state index is 12.8. The number of nitrogens with zero attached hydrogens (tertiary/aromatic N) is 2. The Morgan fingerprint density at radius 3 is 1.34 bits per heavy atom. The van der Waals surface area contributed by atoms with Crippen molar-refractivity contribution in [3.05, 3.63) is 48.6 Å². The van der Waals surface area contributed by atoms with Gasteiger partial charge in [0.1, 0.15) is 6.23 Å². The average molecular weight is 816 g/mol. The SMILES string of the molecule is CCCCC/C=C\C/C=C\CCCCCCCCOC(=O)CC(CC(=O)OCCCCCCCC/C=C\C/C=C\CCCCC)NC(O)CN1CCN(CCO)CC1. The van der Waals surface area contributed by atoms with Crippen molar-refractivity contribution in [3.63, 3.8) is 0 Å². The summed E-state index contributed by atoms with van der Waals surface area (Å²) in [5.41, 5.74) is 0. The summed E-state index contributed by atoms with van der Waals surface area (Å²) in [6.07, 6.45) is 45.2. The average Bonchev–Trinajstić information content (AvgIpc) is 3.21. The Hall–Kier alpha value is -2.30. The number of β-amino-alcohol motifs (C(OH)–C–C–N with tert-alkyl or cyclic N) is 2. The minimum atomic E-state index is -0.893. The molecule has 0 aromatic heterocycles. The molecule has 1 saturated heterocycles. The molecule has 9 nitrogen and oxygen atoms in total. The van der Waals surface area contributed by atoms with Crippen molar-refractivity contribution in [2.75, 3.05) is 59.1 Å². The molecule has 1 aliphatic heterocycles. The number of aliphatic hydroxyl groups is 2. The highest BCUT2D eigenvalue weighted by Gasteiger charge is 2.24. The Kier molecular flexibility index (Phi) is 38.4. The van der Waals surface area contributed by atoms with Gasteiger partial charge in [0.05, 0.1) is 32.7 Å². The zero-order chi connectivity index (χ0) is 42.0. The highest BCUT2D eigenvalue weighted by Crippen LogP contribution is 2.12. The highest BCUT2D eigenvalue weighted by molar-refractivity contribution is 5.74. The lowest BCUT2D eigenvalue weighted by Gasteiger charge is -2.35. The summed E-state index contributed by atoms with van der Waals surface area (Å²) >= 11 is 0. The maximum Gasteiger partial charge on any atom is 0.307 e. The third-order valence-electron chi connectivity index (χ3n) is 10.8. The lowest BCUT2D eigenvalue weighted by Crippen LogP contribution is -2.52. The van der Waals surface area contributed by atoms with Gasteiger partial charge in [0, 0.05) is 45.3 Å². The van der Waals surface area contributed by atoms with Crippen molar-refractivity contribution in [2.24, 2.45) is 0 Å². The van der Waals surface area contributed by atoms with E-state index in [9.17, 15) is 19.8 Å². The fraction of sp³-hybridized carbons (Fsp3) is 0.796. The van der Waals surface area contributed by atoms with Crippen LogP contribution in [0.25, 0.3) is 0 Å². The molecule has 1 unspecified atom stereocenters. The van der Waals surface area contributed by atoms with E-state index in [0.717, 1.165) is 90.4 Å². The molecule has 58 heavy (non-hydrogen) atoms. The smallest absolute Gasteiger partial charge is 0.307 e. The van der Waals surface area contributed by atoms with Crippen LogP contribution in [-0.4, -0.2) is 103 Å². The topological polar surface area (TPSA) is 112 Å². The van der Waals surface area contributed by atoms with E-state index in [4.69, 9.17) is 9.47 Å². The van der Waals surface area contributed by atoms with Crippen LogP contribution in [0, 0.1) is 0 Å². The molecule has 3 N–H and O–H groups in total. The second-order valence-corrected chi connectivity index (χ2v) is 16.3. The van der Waals surface area contributed by atoms with Crippen LogP contribution in [0.15, 0.2) is 48.6 Å². The molecule has 1 rings (SSSR count). The van der Waals surface area contributed by atoms with Gasteiger partial charge in [-0.3, -0.25) is 24.7 Å². The molecule has 1 fully saturated rings. The number of hydrogen-bond acceptors (Lipinski definition) is 9. The molecule has 0 aromatic carbocycles. The Labute approximate surface area is 356 Å². The maximum absolute atomic E-state index is 12.8. The Balaban J connectivity index is 2.29. The van der Waals surface area contributed by atoms with Gasteiger partial charge in [0.15, 0.2) is 0 Å². The zero-order valence-corrected chi connectivity index (χ0v) is 37.4. The second-order valence-electron chi connectivity index (χ2n) is 16.3.